The van der Waals surface area contributed by atoms with E-state index in [4.69, 9.17) is 10.2 Å². The number of aliphatic hydroxyl groups is 2. The zero-order valence-corrected chi connectivity index (χ0v) is 11.9. The Morgan fingerprint density at radius 2 is 1.00 bits per heavy atom. The molecule has 0 spiro atoms. The summed E-state index contributed by atoms with van der Waals surface area (Å²) in [7, 11) is 0. The van der Waals surface area contributed by atoms with Gasteiger partial charge in [0.15, 0.2) is 0 Å². The van der Waals surface area contributed by atoms with Crippen molar-refractivity contribution >= 4 is 0 Å². The van der Waals surface area contributed by atoms with E-state index >= 15 is 0 Å². The van der Waals surface area contributed by atoms with Crippen LogP contribution in [0.1, 0.15) is 48.0 Å². The molecule has 91 valence electrons. The van der Waals surface area contributed by atoms with Crippen LogP contribution in [0.5, 0.6) is 0 Å². The Morgan fingerprint density at radius 1 is 0.857 bits per heavy atom. The van der Waals surface area contributed by atoms with E-state index < -0.39 is 0 Å². The van der Waals surface area contributed by atoms with Gasteiger partial charge in [-0.05, 0) is 20.3 Å². The first-order valence-corrected chi connectivity index (χ1v) is 4.80. The first kappa shape index (κ1) is 24.0. The van der Waals surface area contributed by atoms with E-state index in [9.17, 15) is 0 Å². The molecule has 1 radical (unpaired) electrons. The van der Waals surface area contributed by atoms with Crippen LogP contribution in [0.2, 0.25) is 0 Å². The smallest absolute Gasteiger partial charge is 0.393 e. The second-order valence-corrected chi connectivity index (χ2v) is 3.09. The number of hydrogen-bond donors (Lipinski definition) is 2. The van der Waals surface area contributed by atoms with Crippen LogP contribution < -0.4 is 0 Å². The molecule has 0 bridgehead atoms. The molecule has 2 atom stereocenters. The van der Waals surface area contributed by atoms with E-state index in [0.29, 0.717) is 6.42 Å². The molecule has 0 aromatic rings. The average Bonchev–Trinajstić information content (AvgIpc) is 1.86. The predicted molar refractivity (Wildman–Crippen MR) is 59.3 cm³/mol. The van der Waals surface area contributed by atoms with E-state index in [1.165, 1.54) is 0 Å². The van der Waals surface area contributed by atoms with Crippen LogP contribution >= 0.6 is 0 Å². The van der Waals surface area contributed by atoms with Crippen molar-refractivity contribution in [3.05, 3.63) is 12.8 Å². The van der Waals surface area contributed by atoms with E-state index in [0.717, 1.165) is 0 Å². The van der Waals surface area contributed by atoms with Crippen molar-refractivity contribution in [1.29, 1.82) is 0 Å². The Morgan fingerprint density at radius 3 is 1.00 bits per heavy atom. The van der Waals surface area contributed by atoms with Crippen molar-refractivity contribution in [2.24, 2.45) is 0 Å². The summed E-state index contributed by atoms with van der Waals surface area (Å²) in [5.41, 5.74) is 0. The molecule has 0 aromatic carbocycles. The molecule has 0 fully saturated rings. The van der Waals surface area contributed by atoms with Crippen molar-refractivity contribution in [3.8, 4) is 0 Å². The van der Waals surface area contributed by atoms with Gasteiger partial charge in [-0.1, -0.05) is 0 Å². The van der Waals surface area contributed by atoms with Crippen LogP contribution in [0.15, 0.2) is 0 Å². The predicted octanol–water partition coefficient (Wildman–Crippen LogP) is 2.60. The van der Waals surface area contributed by atoms with Gasteiger partial charge in [0.05, 0.1) is 12.2 Å². The molecule has 0 heterocycles. The van der Waals surface area contributed by atoms with Crippen molar-refractivity contribution in [2.75, 3.05) is 0 Å². The standard InChI is InChI=1S/C5H12O2.2C3H7.Rh/c1-4(6)3-5(2)7;2*1-3-2;/h4-7H,3H2,1-2H3;2*3H,1-2H3;/q;2*-1;+2. The maximum atomic E-state index is 8.56. The number of rotatable bonds is 2. The van der Waals surface area contributed by atoms with Crippen LogP contribution in [-0.2, 0) is 19.5 Å². The summed E-state index contributed by atoms with van der Waals surface area (Å²) in [6.07, 6.45) is 3.72. The third-order valence-electron chi connectivity index (χ3n) is 0.682. The molecule has 0 aliphatic heterocycles. The Balaban J connectivity index is -0.0000000610. The summed E-state index contributed by atoms with van der Waals surface area (Å²) in [6.45, 7) is 11.3. The van der Waals surface area contributed by atoms with Crippen LogP contribution in [0.4, 0.5) is 0 Å². The molecular weight excluding hydrogens is 267 g/mol. The molecule has 0 aromatic heterocycles. The molecule has 0 saturated heterocycles. The second kappa shape index (κ2) is 23.4. The van der Waals surface area contributed by atoms with Gasteiger partial charge >= 0.3 is 19.5 Å². The van der Waals surface area contributed by atoms with Gasteiger partial charge in [0.1, 0.15) is 0 Å². The van der Waals surface area contributed by atoms with Crippen LogP contribution in [0.25, 0.3) is 0 Å². The first-order valence-electron chi connectivity index (χ1n) is 4.80. The third-order valence-corrected chi connectivity index (χ3v) is 0.682. The molecule has 0 amide bonds. The van der Waals surface area contributed by atoms with Crippen LogP contribution in [0.3, 0.4) is 0 Å². The summed E-state index contributed by atoms with van der Waals surface area (Å²) < 4.78 is 0. The largest absolute Gasteiger partial charge is 2.00 e. The summed E-state index contributed by atoms with van der Waals surface area (Å²) in [4.78, 5) is 0. The molecule has 0 saturated carbocycles. The Kier molecular flexibility index (Phi) is 40.1. The molecule has 14 heavy (non-hydrogen) atoms. The normalized spacial score (nSPS) is 12.0. The molecule has 3 heteroatoms. The summed E-state index contributed by atoms with van der Waals surface area (Å²) in [5, 5.41) is 17.1. The minimum absolute atomic E-state index is 0. The minimum atomic E-state index is -0.375. The van der Waals surface area contributed by atoms with Gasteiger partial charge in [-0.15, -0.1) is 0 Å². The van der Waals surface area contributed by atoms with Gasteiger partial charge in [0.2, 0.25) is 0 Å². The van der Waals surface area contributed by atoms with Crippen molar-refractivity contribution in [1.82, 2.24) is 0 Å². The van der Waals surface area contributed by atoms with Crippen molar-refractivity contribution < 1.29 is 29.7 Å². The van der Waals surface area contributed by atoms with Crippen molar-refractivity contribution in [2.45, 2.75) is 60.2 Å². The zero-order valence-electron chi connectivity index (χ0n) is 10.2. The number of aliphatic hydroxyl groups excluding tert-OH is 2. The topological polar surface area (TPSA) is 40.5 Å². The van der Waals surface area contributed by atoms with E-state index in [1.54, 1.807) is 13.8 Å². The quantitative estimate of drug-likeness (QED) is 0.607. The molecule has 2 nitrogen and oxygen atoms in total. The fourth-order valence-electron chi connectivity index (χ4n) is 0.494. The molecule has 0 aliphatic carbocycles. The fourth-order valence-corrected chi connectivity index (χ4v) is 0.494. The van der Waals surface area contributed by atoms with Gasteiger partial charge in [-0.2, -0.15) is 27.7 Å². The van der Waals surface area contributed by atoms with E-state index in [-0.39, 0.29) is 31.7 Å². The Hall–Kier alpha value is 0.543. The molecule has 0 rings (SSSR count). The summed E-state index contributed by atoms with van der Waals surface area (Å²) >= 11 is 0. The first-order chi connectivity index (χ1) is 5.95. The number of hydrogen-bond acceptors (Lipinski definition) is 2. The average molecular weight is 293 g/mol. The van der Waals surface area contributed by atoms with Gasteiger partial charge in [-0.25, -0.2) is 0 Å². The van der Waals surface area contributed by atoms with Gasteiger partial charge in [0, 0.05) is 0 Å². The second-order valence-electron chi connectivity index (χ2n) is 3.09. The molecule has 2 unspecified atom stereocenters. The van der Waals surface area contributed by atoms with Crippen molar-refractivity contribution in [3.63, 3.8) is 0 Å². The van der Waals surface area contributed by atoms with E-state index in [1.807, 2.05) is 40.5 Å². The maximum absolute atomic E-state index is 8.56. The molecule has 0 aliphatic rings. The Labute approximate surface area is 103 Å². The summed E-state index contributed by atoms with van der Waals surface area (Å²) in [5.74, 6) is 0. The minimum Gasteiger partial charge on any atom is -0.393 e. The maximum Gasteiger partial charge on any atom is 2.00 e. The third kappa shape index (κ3) is 81.0. The molecule has 2 N–H and O–H groups in total. The van der Waals surface area contributed by atoms with Gasteiger partial charge < -0.3 is 23.1 Å². The fraction of sp³-hybridized carbons (Fsp3) is 0.818. The van der Waals surface area contributed by atoms with Crippen LogP contribution in [0, 0.1) is 12.8 Å². The van der Waals surface area contributed by atoms with E-state index in [2.05, 4.69) is 0 Å². The molecular formula is C11H26O2Rh. The monoisotopic (exact) mass is 293 g/mol. The van der Waals surface area contributed by atoms with Gasteiger partial charge in [0.25, 0.3) is 0 Å². The Bertz CT molecular complexity index is 58.3. The van der Waals surface area contributed by atoms with Crippen LogP contribution in [-0.4, -0.2) is 22.4 Å². The summed E-state index contributed by atoms with van der Waals surface area (Å²) in [6, 6.07) is 0. The zero-order chi connectivity index (χ0) is 11.3. The van der Waals surface area contributed by atoms with Gasteiger partial charge in [-0.3, -0.25) is 0 Å². The SMILES string of the molecule is CC(O)CC(C)O.C[CH-]C.C[CH-]C.[Rh+2].